The van der Waals surface area contributed by atoms with Gasteiger partial charge in [0.05, 0.1) is 11.8 Å². The molecule has 4 nitrogen and oxygen atoms in total. The number of esters is 1. The molecular weight excluding hydrogens is 266 g/mol. The summed E-state index contributed by atoms with van der Waals surface area (Å²) >= 11 is 0. The molecule has 0 heterocycles. The molecule has 4 heteroatoms. The largest absolute Gasteiger partial charge is 0.461 e. The number of nitrogens with two attached hydrogens (primary N) is 1. The zero-order valence-corrected chi connectivity index (χ0v) is 15.0. The number of hydrogen-bond acceptors (Lipinski definition) is 3. The lowest BCUT2D eigenvalue weighted by atomic mass is 9.72. The van der Waals surface area contributed by atoms with Gasteiger partial charge in [0, 0.05) is 5.41 Å². The van der Waals surface area contributed by atoms with Crippen LogP contribution in [0.1, 0.15) is 74.7 Å². The summed E-state index contributed by atoms with van der Waals surface area (Å²) in [5, 5.41) is 0. The third kappa shape index (κ3) is 6.96. The lowest BCUT2D eigenvalue weighted by Crippen LogP contribution is -2.42. The van der Waals surface area contributed by atoms with Crippen molar-refractivity contribution in [2.24, 2.45) is 22.0 Å². The Balaban J connectivity index is 5.21. The van der Waals surface area contributed by atoms with Gasteiger partial charge in [0.15, 0.2) is 0 Å². The summed E-state index contributed by atoms with van der Waals surface area (Å²) in [6, 6.07) is 0. The number of ether oxygens (including phenoxy) is 1. The van der Waals surface area contributed by atoms with Gasteiger partial charge in [-0.25, -0.2) is 0 Å². The smallest absolute Gasteiger partial charge is 0.311 e. The first-order valence-corrected chi connectivity index (χ1v) is 7.70. The van der Waals surface area contributed by atoms with Crippen LogP contribution in [-0.4, -0.2) is 18.0 Å². The highest BCUT2D eigenvalue weighted by Crippen LogP contribution is 2.39. The molecule has 0 aromatic rings. The van der Waals surface area contributed by atoms with Crippen LogP contribution >= 0.6 is 0 Å². The van der Waals surface area contributed by atoms with E-state index in [0.717, 1.165) is 6.42 Å². The molecule has 1 unspecified atom stereocenters. The predicted octanol–water partition coefficient (Wildman–Crippen LogP) is 3.67. The summed E-state index contributed by atoms with van der Waals surface area (Å²) in [4.78, 5) is 23.7. The van der Waals surface area contributed by atoms with Crippen molar-refractivity contribution in [2.75, 3.05) is 0 Å². The lowest BCUT2D eigenvalue weighted by molar-refractivity contribution is -0.168. The molecule has 0 saturated carbocycles. The Morgan fingerprint density at radius 1 is 1.05 bits per heavy atom. The number of carbonyl (C=O) groups excluding carboxylic acids is 2. The number of carbonyl (C=O) groups is 2. The predicted molar refractivity (Wildman–Crippen MR) is 85.6 cm³/mol. The van der Waals surface area contributed by atoms with Crippen LogP contribution < -0.4 is 5.73 Å². The molecule has 1 atom stereocenters. The maximum absolute atomic E-state index is 12.3. The van der Waals surface area contributed by atoms with Gasteiger partial charge >= 0.3 is 5.97 Å². The highest BCUT2D eigenvalue weighted by atomic mass is 16.5. The van der Waals surface area contributed by atoms with E-state index in [-0.39, 0.29) is 23.2 Å². The minimum Gasteiger partial charge on any atom is -0.461 e. The highest BCUT2D eigenvalue weighted by Gasteiger charge is 2.39. The van der Waals surface area contributed by atoms with E-state index in [1.54, 1.807) is 0 Å². The van der Waals surface area contributed by atoms with Gasteiger partial charge in [0.25, 0.3) is 0 Å². The van der Waals surface area contributed by atoms with Crippen molar-refractivity contribution >= 4 is 11.9 Å². The number of amides is 1. The molecule has 0 bridgehead atoms. The van der Waals surface area contributed by atoms with Gasteiger partial charge in [-0.05, 0) is 32.1 Å². The van der Waals surface area contributed by atoms with Gasteiger partial charge in [-0.3, -0.25) is 9.59 Å². The van der Waals surface area contributed by atoms with Crippen LogP contribution in [0, 0.1) is 16.2 Å². The van der Waals surface area contributed by atoms with Crippen molar-refractivity contribution < 1.29 is 14.3 Å². The van der Waals surface area contributed by atoms with E-state index in [1.807, 2.05) is 34.6 Å². The molecule has 0 spiro atoms. The van der Waals surface area contributed by atoms with E-state index in [1.165, 1.54) is 0 Å². The molecule has 0 aliphatic rings. The molecule has 0 aromatic carbocycles. The third-order valence-corrected chi connectivity index (χ3v) is 3.93. The lowest BCUT2D eigenvalue weighted by Gasteiger charge is -2.39. The van der Waals surface area contributed by atoms with Crippen LogP contribution in [0.2, 0.25) is 0 Å². The molecule has 0 aliphatic carbocycles. The maximum atomic E-state index is 12.3. The van der Waals surface area contributed by atoms with E-state index in [0.29, 0.717) is 6.42 Å². The number of rotatable bonds is 7. The topological polar surface area (TPSA) is 69.4 Å². The third-order valence-electron chi connectivity index (χ3n) is 3.93. The number of primary amides is 1. The van der Waals surface area contributed by atoms with Crippen LogP contribution in [0.15, 0.2) is 0 Å². The Kier molecular flexibility index (Phi) is 6.46. The second-order valence-electron chi connectivity index (χ2n) is 8.53. The zero-order chi connectivity index (χ0) is 17.1. The quantitative estimate of drug-likeness (QED) is 0.729. The normalized spacial score (nSPS) is 14.7. The minimum atomic E-state index is -0.548. The molecule has 0 rings (SSSR count). The first kappa shape index (κ1) is 19.9. The summed E-state index contributed by atoms with van der Waals surface area (Å²) in [6.07, 6.45) is 1.09. The van der Waals surface area contributed by atoms with E-state index in [9.17, 15) is 9.59 Å². The standard InChI is InChI=1S/C17H33NO3/c1-9-16(5,6)14(20)21-12(10-13(18)19)17(7,8)11-15(2,3)4/h12H,9-11H2,1-8H3,(H2,18,19). The molecule has 0 radical (unpaired) electrons. The second-order valence-corrected chi connectivity index (χ2v) is 8.53. The van der Waals surface area contributed by atoms with Gasteiger partial charge in [-0.2, -0.15) is 0 Å². The van der Waals surface area contributed by atoms with Gasteiger partial charge in [-0.15, -0.1) is 0 Å². The highest BCUT2D eigenvalue weighted by molar-refractivity contribution is 5.78. The maximum Gasteiger partial charge on any atom is 0.311 e. The van der Waals surface area contributed by atoms with Crippen LogP contribution in [-0.2, 0) is 14.3 Å². The van der Waals surface area contributed by atoms with Crippen LogP contribution in [0.5, 0.6) is 0 Å². The molecule has 0 aromatic heterocycles. The van der Waals surface area contributed by atoms with Crippen LogP contribution in [0.4, 0.5) is 0 Å². The van der Waals surface area contributed by atoms with Gasteiger partial charge in [-0.1, -0.05) is 41.5 Å². The fourth-order valence-corrected chi connectivity index (χ4v) is 2.57. The first-order valence-electron chi connectivity index (χ1n) is 7.70. The molecule has 21 heavy (non-hydrogen) atoms. The summed E-state index contributed by atoms with van der Waals surface area (Å²) < 4.78 is 5.69. The molecule has 1 amide bonds. The average Bonchev–Trinajstić information content (AvgIpc) is 2.24. The second kappa shape index (κ2) is 6.80. The summed E-state index contributed by atoms with van der Waals surface area (Å²) in [6.45, 7) is 16.1. The Hall–Kier alpha value is -1.06. The van der Waals surface area contributed by atoms with Crippen molar-refractivity contribution in [1.29, 1.82) is 0 Å². The molecule has 0 fully saturated rings. The fourth-order valence-electron chi connectivity index (χ4n) is 2.57. The zero-order valence-electron chi connectivity index (χ0n) is 15.0. The van der Waals surface area contributed by atoms with Gasteiger partial charge in [0.1, 0.15) is 6.10 Å². The fraction of sp³-hybridized carbons (Fsp3) is 0.882. The molecule has 2 N–H and O–H groups in total. The number of hydrogen-bond donors (Lipinski definition) is 1. The Morgan fingerprint density at radius 2 is 1.52 bits per heavy atom. The summed E-state index contributed by atoms with van der Waals surface area (Å²) in [5.74, 6) is -0.706. The van der Waals surface area contributed by atoms with Crippen molar-refractivity contribution in [3.63, 3.8) is 0 Å². The molecule has 0 aliphatic heterocycles. The van der Waals surface area contributed by atoms with Crippen LogP contribution in [0.3, 0.4) is 0 Å². The molecular formula is C17H33NO3. The average molecular weight is 299 g/mol. The van der Waals surface area contributed by atoms with E-state index < -0.39 is 17.4 Å². The van der Waals surface area contributed by atoms with Crippen molar-refractivity contribution in [3.8, 4) is 0 Å². The van der Waals surface area contributed by atoms with Gasteiger partial charge < -0.3 is 10.5 Å². The monoisotopic (exact) mass is 299 g/mol. The first-order chi connectivity index (χ1) is 9.21. The van der Waals surface area contributed by atoms with Crippen molar-refractivity contribution in [2.45, 2.75) is 80.8 Å². The van der Waals surface area contributed by atoms with Crippen molar-refractivity contribution in [3.05, 3.63) is 0 Å². The van der Waals surface area contributed by atoms with Crippen molar-refractivity contribution in [1.82, 2.24) is 0 Å². The Bertz CT molecular complexity index is 378. The van der Waals surface area contributed by atoms with Crippen LogP contribution in [0.25, 0.3) is 0 Å². The molecule has 124 valence electrons. The summed E-state index contributed by atoms with van der Waals surface area (Å²) in [7, 11) is 0. The van der Waals surface area contributed by atoms with E-state index >= 15 is 0 Å². The summed E-state index contributed by atoms with van der Waals surface area (Å²) in [5.41, 5.74) is 4.56. The molecule has 0 saturated heterocycles. The van der Waals surface area contributed by atoms with Gasteiger partial charge in [0.2, 0.25) is 5.91 Å². The Labute approximate surface area is 129 Å². The SMILES string of the molecule is CCC(C)(C)C(=O)OC(CC(N)=O)C(C)(C)CC(C)(C)C. The van der Waals surface area contributed by atoms with E-state index in [2.05, 4.69) is 20.8 Å². The Morgan fingerprint density at radius 3 is 1.86 bits per heavy atom. The van der Waals surface area contributed by atoms with E-state index in [4.69, 9.17) is 10.5 Å². The minimum absolute atomic E-state index is 0.0641.